The van der Waals surface area contributed by atoms with Crippen LogP contribution in [0.2, 0.25) is 5.28 Å². The first-order valence-corrected chi connectivity index (χ1v) is 6.23. The average molecular weight is 275 g/mol. The maximum absolute atomic E-state index is 9.33. The van der Waals surface area contributed by atoms with Crippen LogP contribution in [0.25, 0.3) is 0 Å². The molecule has 0 saturated heterocycles. The van der Waals surface area contributed by atoms with Crippen molar-refractivity contribution in [3.8, 4) is 6.01 Å². The van der Waals surface area contributed by atoms with Crippen molar-refractivity contribution in [3.05, 3.63) is 5.28 Å². The van der Waals surface area contributed by atoms with Gasteiger partial charge in [-0.2, -0.15) is 15.0 Å². The molecule has 0 spiro atoms. The van der Waals surface area contributed by atoms with E-state index in [1.807, 2.05) is 27.7 Å². The Labute approximate surface area is 112 Å². The number of nitrogens with zero attached hydrogens (tertiary/aromatic N) is 3. The van der Waals surface area contributed by atoms with Gasteiger partial charge in [0.15, 0.2) is 0 Å². The molecule has 0 bridgehead atoms. The molecule has 0 amide bonds. The van der Waals surface area contributed by atoms with Gasteiger partial charge >= 0.3 is 6.01 Å². The van der Waals surface area contributed by atoms with Crippen molar-refractivity contribution in [1.82, 2.24) is 15.0 Å². The molecule has 1 atom stereocenters. The lowest BCUT2D eigenvalue weighted by Crippen LogP contribution is -2.38. The molecular weight excluding hydrogens is 256 g/mol. The number of anilines is 1. The fraction of sp³-hybridized carbons (Fsp3) is 0.727. The van der Waals surface area contributed by atoms with E-state index in [1.54, 1.807) is 0 Å². The predicted octanol–water partition coefficient (Wildman–Crippen LogP) is 1.89. The lowest BCUT2D eigenvalue weighted by Gasteiger charge is -2.27. The number of hydrogen-bond acceptors (Lipinski definition) is 6. The van der Waals surface area contributed by atoms with E-state index in [-0.39, 0.29) is 24.0 Å². The van der Waals surface area contributed by atoms with Crippen LogP contribution in [0.1, 0.15) is 34.1 Å². The molecule has 18 heavy (non-hydrogen) atoms. The molecule has 1 heterocycles. The molecule has 0 aliphatic carbocycles. The molecule has 1 rings (SSSR count). The third-order valence-electron chi connectivity index (χ3n) is 2.47. The second-order valence-corrected chi connectivity index (χ2v) is 4.91. The Morgan fingerprint density at radius 2 is 2.06 bits per heavy atom. The summed E-state index contributed by atoms with van der Waals surface area (Å²) in [4.78, 5) is 11.9. The number of ether oxygens (including phenoxy) is 1. The van der Waals surface area contributed by atoms with E-state index in [1.165, 1.54) is 0 Å². The average Bonchev–Trinajstić information content (AvgIpc) is 2.27. The molecule has 6 nitrogen and oxygen atoms in total. The lowest BCUT2D eigenvalue weighted by atomic mass is 10.0. The first-order chi connectivity index (χ1) is 8.38. The number of aliphatic hydroxyl groups is 1. The van der Waals surface area contributed by atoms with Crippen molar-refractivity contribution in [2.45, 2.75) is 45.8 Å². The van der Waals surface area contributed by atoms with E-state index in [4.69, 9.17) is 16.3 Å². The maximum atomic E-state index is 9.33. The molecule has 1 unspecified atom stereocenters. The third-order valence-corrected chi connectivity index (χ3v) is 2.64. The highest BCUT2D eigenvalue weighted by Gasteiger charge is 2.22. The van der Waals surface area contributed by atoms with E-state index in [0.29, 0.717) is 12.4 Å². The van der Waals surface area contributed by atoms with Crippen LogP contribution in [0.5, 0.6) is 6.01 Å². The lowest BCUT2D eigenvalue weighted by molar-refractivity contribution is 0.214. The van der Waals surface area contributed by atoms with E-state index in [0.717, 1.165) is 0 Å². The SMILES string of the molecule is CCC(C)(CO)Nc1nc(Cl)nc(OC(C)C)n1. The van der Waals surface area contributed by atoms with Crippen molar-refractivity contribution in [2.24, 2.45) is 0 Å². The standard InChI is InChI=1S/C11H19ClN4O2/c1-5-11(4,6-17)16-9-13-8(12)14-10(15-9)18-7(2)3/h7,17H,5-6H2,1-4H3,(H,13,14,15,16). The predicted molar refractivity (Wildman–Crippen MR) is 70.0 cm³/mol. The van der Waals surface area contributed by atoms with Gasteiger partial charge in [0.05, 0.1) is 18.2 Å². The molecule has 0 saturated carbocycles. The van der Waals surface area contributed by atoms with E-state index < -0.39 is 5.54 Å². The van der Waals surface area contributed by atoms with Gasteiger partial charge in [0.25, 0.3) is 0 Å². The van der Waals surface area contributed by atoms with Crippen molar-refractivity contribution in [2.75, 3.05) is 11.9 Å². The van der Waals surface area contributed by atoms with E-state index >= 15 is 0 Å². The van der Waals surface area contributed by atoms with Crippen molar-refractivity contribution >= 4 is 17.5 Å². The van der Waals surface area contributed by atoms with Gasteiger partial charge in [-0.05, 0) is 38.8 Å². The highest BCUT2D eigenvalue weighted by Crippen LogP contribution is 2.18. The summed E-state index contributed by atoms with van der Waals surface area (Å²) in [7, 11) is 0. The van der Waals surface area contributed by atoms with Crippen LogP contribution in [-0.4, -0.2) is 38.3 Å². The Kier molecular flexibility index (Phi) is 5.10. The van der Waals surface area contributed by atoms with Crippen LogP contribution in [0, 0.1) is 0 Å². The van der Waals surface area contributed by atoms with Gasteiger partial charge in [-0.25, -0.2) is 0 Å². The summed E-state index contributed by atoms with van der Waals surface area (Å²) in [5.74, 6) is 0.295. The summed E-state index contributed by atoms with van der Waals surface area (Å²) in [6.07, 6.45) is 0.666. The fourth-order valence-electron chi connectivity index (χ4n) is 1.16. The van der Waals surface area contributed by atoms with Crippen LogP contribution in [0.4, 0.5) is 5.95 Å². The number of nitrogens with one attached hydrogen (secondary N) is 1. The quantitative estimate of drug-likeness (QED) is 0.824. The molecule has 1 aromatic heterocycles. The minimum atomic E-state index is -0.500. The first-order valence-electron chi connectivity index (χ1n) is 5.86. The topological polar surface area (TPSA) is 80.2 Å². The molecule has 7 heteroatoms. The first kappa shape index (κ1) is 14.9. The molecule has 0 aliphatic rings. The summed E-state index contributed by atoms with van der Waals surface area (Å²) < 4.78 is 5.37. The van der Waals surface area contributed by atoms with Gasteiger partial charge in [0.2, 0.25) is 11.2 Å². The molecule has 2 N–H and O–H groups in total. The molecule has 0 radical (unpaired) electrons. The summed E-state index contributed by atoms with van der Waals surface area (Å²) in [6, 6.07) is 0.170. The summed E-state index contributed by atoms with van der Waals surface area (Å²) in [5, 5.41) is 12.4. The number of hydrogen-bond donors (Lipinski definition) is 2. The zero-order chi connectivity index (χ0) is 13.8. The highest BCUT2D eigenvalue weighted by atomic mass is 35.5. The summed E-state index contributed by atoms with van der Waals surface area (Å²) in [6.45, 7) is 7.53. The maximum Gasteiger partial charge on any atom is 0.322 e. The number of aromatic nitrogens is 3. The van der Waals surface area contributed by atoms with Crippen molar-refractivity contribution in [3.63, 3.8) is 0 Å². The summed E-state index contributed by atoms with van der Waals surface area (Å²) >= 11 is 5.80. The van der Waals surface area contributed by atoms with Crippen molar-refractivity contribution < 1.29 is 9.84 Å². The van der Waals surface area contributed by atoms with Crippen LogP contribution in [-0.2, 0) is 0 Å². The van der Waals surface area contributed by atoms with Crippen LogP contribution >= 0.6 is 11.6 Å². The van der Waals surface area contributed by atoms with Gasteiger partial charge in [-0.3, -0.25) is 0 Å². The fourth-order valence-corrected chi connectivity index (χ4v) is 1.31. The monoisotopic (exact) mass is 274 g/mol. The third kappa shape index (κ3) is 4.27. The van der Waals surface area contributed by atoms with E-state index in [9.17, 15) is 5.11 Å². The van der Waals surface area contributed by atoms with Gasteiger partial charge in [0.1, 0.15) is 0 Å². The molecule has 0 aromatic carbocycles. The Morgan fingerprint density at radius 1 is 1.39 bits per heavy atom. The number of rotatable bonds is 6. The normalized spacial score (nSPS) is 14.4. The largest absolute Gasteiger partial charge is 0.461 e. The van der Waals surface area contributed by atoms with Crippen LogP contribution in [0.3, 0.4) is 0 Å². The van der Waals surface area contributed by atoms with Gasteiger partial charge in [0, 0.05) is 0 Å². The second-order valence-electron chi connectivity index (χ2n) is 4.57. The van der Waals surface area contributed by atoms with E-state index in [2.05, 4.69) is 20.3 Å². The number of halogens is 1. The molecule has 0 aliphatic heterocycles. The Balaban J connectivity index is 2.92. The Hall–Kier alpha value is -1.14. The Bertz CT molecular complexity index is 397. The number of aliphatic hydroxyl groups excluding tert-OH is 1. The second kappa shape index (κ2) is 6.15. The molecule has 0 fully saturated rings. The van der Waals surface area contributed by atoms with Crippen LogP contribution in [0.15, 0.2) is 0 Å². The van der Waals surface area contributed by atoms with Gasteiger partial charge < -0.3 is 15.2 Å². The molecule has 102 valence electrons. The van der Waals surface area contributed by atoms with Gasteiger partial charge in [-0.1, -0.05) is 6.92 Å². The minimum absolute atomic E-state index is 0.0346. The zero-order valence-corrected chi connectivity index (χ0v) is 11.8. The Morgan fingerprint density at radius 3 is 2.56 bits per heavy atom. The molecular formula is C11H19ClN4O2. The van der Waals surface area contributed by atoms with Crippen LogP contribution < -0.4 is 10.1 Å². The molecule has 1 aromatic rings. The smallest absolute Gasteiger partial charge is 0.322 e. The van der Waals surface area contributed by atoms with Crippen molar-refractivity contribution in [1.29, 1.82) is 0 Å². The zero-order valence-electron chi connectivity index (χ0n) is 11.1. The minimum Gasteiger partial charge on any atom is -0.461 e. The van der Waals surface area contributed by atoms with Gasteiger partial charge in [-0.15, -0.1) is 0 Å². The summed E-state index contributed by atoms with van der Waals surface area (Å²) in [5.41, 5.74) is -0.500. The highest BCUT2D eigenvalue weighted by molar-refractivity contribution is 6.28.